The smallest absolute Gasteiger partial charge is 0.326 e. The molecule has 3 amide bonds. The van der Waals surface area contributed by atoms with Gasteiger partial charge in [-0.1, -0.05) is 12.1 Å². The first-order chi connectivity index (χ1) is 16.0. The molecule has 33 heavy (non-hydrogen) atoms. The maximum Gasteiger partial charge on any atom is 0.326 e. The molecule has 1 atom stereocenters. The number of esters is 1. The minimum atomic E-state index is -0.887. The molecule has 2 aliphatic heterocycles. The van der Waals surface area contributed by atoms with Crippen molar-refractivity contribution < 1.29 is 32.7 Å². The molecule has 0 N–H and O–H groups in total. The molecule has 0 saturated carbocycles. The molecule has 3 aromatic rings. The van der Waals surface area contributed by atoms with Crippen molar-refractivity contribution in [2.75, 3.05) is 13.2 Å². The zero-order valence-electron chi connectivity index (χ0n) is 17.2. The Kier molecular flexibility index (Phi) is 5.09. The Labute approximate surface area is 187 Å². The number of nitrogens with zero attached hydrogens (tertiary/aromatic N) is 3. The van der Waals surface area contributed by atoms with E-state index in [0.717, 1.165) is 4.90 Å². The normalized spacial score (nSPS) is 17.3. The van der Waals surface area contributed by atoms with Crippen LogP contribution in [0.4, 0.5) is 0 Å². The third-order valence-electron chi connectivity index (χ3n) is 5.37. The predicted octanol–water partition coefficient (Wildman–Crippen LogP) is 2.39. The highest BCUT2D eigenvalue weighted by Crippen LogP contribution is 2.33. The monoisotopic (exact) mass is 447 g/mol. The van der Waals surface area contributed by atoms with E-state index < -0.39 is 42.9 Å². The fourth-order valence-electron chi connectivity index (χ4n) is 3.80. The quantitative estimate of drug-likeness (QED) is 0.420. The lowest BCUT2D eigenvalue weighted by Crippen LogP contribution is -2.37. The molecular weight excluding hydrogens is 430 g/mol. The highest BCUT2D eigenvalue weighted by atomic mass is 16.5. The lowest BCUT2D eigenvalue weighted by Gasteiger charge is -2.20. The number of ether oxygens (including phenoxy) is 1. The van der Waals surface area contributed by atoms with Gasteiger partial charge in [-0.3, -0.25) is 24.1 Å². The van der Waals surface area contributed by atoms with Crippen molar-refractivity contribution in [1.29, 1.82) is 0 Å². The largest absolute Gasteiger partial charge is 0.467 e. The molecule has 10 nitrogen and oxygen atoms in total. The molecule has 2 aromatic heterocycles. The molecule has 1 unspecified atom stereocenters. The number of benzene rings is 1. The molecule has 10 heteroatoms. The van der Waals surface area contributed by atoms with Crippen molar-refractivity contribution in [2.45, 2.75) is 12.5 Å². The van der Waals surface area contributed by atoms with Crippen LogP contribution < -0.4 is 0 Å². The first kappa shape index (κ1) is 20.4. The summed E-state index contributed by atoms with van der Waals surface area (Å²) in [4.78, 5) is 50.7. The van der Waals surface area contributed by atoms with Crippen LogP contribution in [0.3, 0.4) is 0 Å². The van der Waals surface area contributed by atoms with Crippen molar-refractivity contribution in [1.82, 2.24) is 9.91 Å². The van der Waals surface area contributed by atoms with Gasteiger partial charge in [-0.25, -0.2) is 5.01 Å². The van der Waals surface area contributed by atoms with Crippen LogP contribution in [0.25, 0.3) is 0 Å². The van der Waals surface area contributed by atoms with Gasteiger partial charge in [0.2, 0.25) is 0 Å². The van der Waals surface area contributed by atoms with Crippen molar-refractivity contribution in [2.24, 2.45) is 5.10 Å². The Morgan fingerprint density at radius 2 is 1.67 bits per heavy atom. The van der Waals surface area contributed by atoms with Crippen LogP contribution in [-0.2, 0) is 14.3 Å². The minimum Gasteiger partial charge on any atom is -0.467 e. The van der Waals surface area contributed by atoms with Gasteiger partial charge in [-0.2, -0.15) is 5.10 Å². The van der Waals surface area contributed by atoms with Gasteiger partial charge < -0.3 is 13.6 Å². The second-order valence-corrected chi connectivity index (χ2v) is 7.40. The van der Waals surface area contributed by atoms with Crippen LogP contribution in [0.2, 0.25) is 0 Å². The highest BCUT2D eigenvalue weighted by molar-refractivity contribution is 6.22. The van der Waals surface area contributed by atoms with E-state index in [1.807, 2.05) is 0 Å². The zero-order chi connectivity index (χ0) is 22.9. The average Bonchev–Trinajstić information content (AvgIpc) is 3.62. The van der Waals surface area contributed by atoms with Gasteiger partial charge >= 0.3 is 5.97 Å². The highest BCUT2D eigenvalue weighted by Gasteiger charge is 2.38. The van der Waals surface area contributed by atoms with E-state index in [1.165, 1.54) is 29.7 Å². The molecule has 0 bridgehead atoms. The number of imide groups is 1. The number of carbonyl (C=O) groups is 4. The van der Waals surface area contributed by atoms with Gasteiger partial charge in [-0.15, -0.1) is 0 Å². The van der Waals surface area contributed by atoms with Crippen molar-refractivity contribution >= 4 is 29.4 Å². The summed E-state index contributed by atoms with van der Waals surface area (Å²) in [6.07, 6.45) is 3.35. The number of hydrogen-bond acceptors (Lipinski definition) is 8. The van der Waals surface area contributed by atoms with Crippen molar-refractivity contribution in [3.63, 3.8) is 0 Å². The molecule has 5 rings (SSSR count). The van der Waals surface area contributed by atoms with Crippen LogP contribution in [0.1, 0.15) is 44.7 Å². The molecule has 1 aromatic carbocycles. The van der Waals surface area contributed by atoms with Crippen molar-refractivity contribution in [3.05, 3.63) is 83.7 Å². The summed E-state index contributed by atoms with van der Waals surface area (Å²) in [5, 5.41) is 5.52. The zero-order valence-corrected chi connectivity index (χ0v) is 17.2. The van der Waals surface area contributed by atoms with Gasteiger partial charge in [0.15, 0.2) is 6.61 Å². The Morgan fingerprint density at radius 1 is 0.970 bits per heavy atom. The fraction of sp³-hybridized carbons (Fsp3) is 0.174. The van der Waals surface area contributed by atoms with Crippen LogP contribution in [0.15, 0.2) is 75.0 Å². The van der Waals surface area contributed by atoms with Gasteiger partial charge in [0.25, 0.3) is 17.7 Å². The number of carbonyl (C=O) groups excluding carboxylic acids is 4. The van der Waals surface area contributed by atoms with E-state index in [2.05, 4.69) is 5.10 Å². The van der Waals surface area contributed by atoms with Crippen LogP contribution in [0, 0.1) is 0 Å². The Bertz CT molecular complexity index is 1230. The molecule has 166 valence electrons. The van der Waals surface area contributed by atoms with E-state index in [0.29, 0.717) is 23.7 Å². The topological polar surface area (TPSA) is 123 Å². The van der Waals surface area contributed by atoms with E-state index in [9.17, 15) is 19.2 Å². The maximum absolute atomic E-state index is 12.8. The molecule has 0 spiro atoms. The Morgan fingerprint density at radius 3 is 2.30 bits per heavy atom. The van der Waals surface area contributed by atoms with Gasteiger partial charge in [0, 0.05) is 6.42 Å². The molecule has 4 heterocycles. The molecule has 0 aliphatic carbocycles. The molecule has 0 fully saturated rings. The van der Waals surface area contributed by atoms with Crippen LogP contribution >= 0.6 is 0 Å². The summed E-state index contributed by atoms with van der Waals surface area (Å²) >= 11 is 0. The third-order valence-corrected chi connectivity index (χ3v) is 5.37. The summed E-state index contributed by atoms with van der Waals surface area (Å²) in [7, 11) is 0. The van der Waals surface area contributed by atoms with Crippen molar-refractivity contribution in [3.8, 4) is 0 Å². The fourth-order valence-corrected chi connectivity index (χ4v) is 3.80. The summed E-state index contributed by atoms with van der Waals surface area (Å²) in [6, 6.07) is 12.6. The maximum atomic E-state index is 12.8. The van der Waals surface area contributed by atoms with E-state index in [1.54, 1.807) is 36.4 Å². The van der Waals surface area contributed by atoms with E-state index in [-0.39, 0.29) is 11.1 Å². The molecule has 0 saturated heterocycles. The Hall–Kier alpha value is -4.47. The van der Waals surface area contributed by atoms with Gasteiger partial charge in [0.05, 0.1) is 23.7 Å². The van der Waals surface area contributed by atoms with Gasteiger partial charge in [-0.05, 0) is 36.4 Å². The number of amides is 3. The average molecular weight is 447 g/mol. The predicted molar refractivity (Wildman–Crippen MR) is 111 cm³/mol. The number of rotatable bonds is 6. The standard InChI is InChI=1S/C23H17N3O7/c27-20(13-33-21(28)12-25-22(29)14-5-1-2-6-15(14)23(25)30)26-17(19-8-4-10-32-19)11-16(24-26)18-7-3-9-31-18/h1-10,17H,11-13H2. The minimum absolute atomic E-state index is 0.226. The number of hydrazone groups is 1. The molecule has 0 radical (unpaired) electrons. The molecular formula is C23H17N3O7. The lowest BCUT2D eigenvalue weighted by atomic mass is 10.1. The van der Waals surface area contributed by atoms with Gasteiger partial charge in [0.1, 0.15) is 29.8 Å². The van der Waals surface area contributed by atoms with E-state index in [4.69, 9.17) is 13.6 Å². The van der Waals surface area contributed by atoms with E-state index >= 15 is 0 Å². The second kappa shape index (κ2) is 8.23. The number of fused-ring (bicyclic) bond motifs is 1. The summed E-state index contributed by atoms with van der Waals surface area (Å²) in [5.74, 6) is -1.60. The summed E-state index contributed by atoms with van der Waals surface area (Å²) in [5.41, 5.74) is 1.00. The summed E-state index contributed by atoms with van der Waals surface area (Å²) < 4.78 is 15.9. The first-order valence-corrected chi connectivity index (χ1v) is 10.1. The second-order valence-electron chi connectivity index (χ2n) is 7.40. The number of hydrogen-bond donors (Lipinski definition) is 0. The lowest BCUT2D eigenvalue weighted by molar-refractivity contribution is -0.153. The summed E-state index contributed by atoms with van der Waals surface area (Å²) in [6.45, 7) is -1.21. The Balaban J connectivity index is 1.25. The van der Waals surface area contributed by atoms with Crippen LogP contribution in [0.5, 0.6) is 0 Å². The van der Waals surface area contributed by atoms with Crippen LogP contribution in [-0.4, -0.2) is 52.5 Å². The number of furan rings is 2. The third kappa shape index (κ3) is 3.71. The SMILES string of the molecule is O=C(CN1C(=O)c2ccccc2C1=O)OCC(=O)N1N=C(c2ccco2)CC1c1ccco1. The molecule has 2 aliphatic rings. The first-order valence-electron chi connectivity index (χ1n) is 10.1.